The Hall–Kier alpha value is -0.750. The van der Waals surface area contributed by atoms with Crippen LogP contribution in [-0.2, 0) is 14.3 Å². The third-order valence-corrected chi connectivity index (χ3v) is 4.15. The van der Waals surface area contributed by atoms with Gasteiger partial charge in [0.15, 0.2) is 0 Å². The number of hydrogen-bond acceptors (Lipinski definition) is 4. The lowest BCUT2D eigenvalue weighted by molar-refractivity contribution is -0.155. The molecule has 5 nitrogen and oxygen atoms in total. The molecule has 2 aliphatic rings. The Morgan fingerprint density at radius 1 is 1.39 bits per heavy atom. The SMILES string of the molecule is CSCC(=O)N1CC[C@H]2OCCN(C(C)=O)[C@@H]2C1. The predicted molar refractivity (Wildman–Crippen MR) is 70.5 cm³/mol. The monoisotopic (exact) mass is 272 g/mol. The van der Waals surface area contributed by atoms with Crippen molar-refractivity contribution in [1.29, 1.82) is 0 Å². The van der Waals surface area contributed by atoms with Crippen molar-refractivity contribution in [3.05, 3.63) is 0 Å². The van der Waals surface area contributed by atoms with Crippen LogP contribution in [-0.4, -0.2) is 72.0 Å². The van der Waals surface area contributed by atoms with E-state index >= 15 is 0 Å². The first-order valence-corrected chi connectivity index (χ1v) is 7.68. The van der Waals surface area contributed by atoms with E-state index in [2.05, 4.69) is 0 Å². The molecule has 0 aromatic carbocycles. The van der Waals surface area contributed by atoms with Crippen molar-refractivity contribution in [2.24, 2.45) is 0 Å². The topological polar surface area (TPSA) is 49.9 Å². The first-order chi connectivity index (χ1) is 8.63. The molecule has 0 saturated carbocycles. The molecule has 102 valence electrons. The van der Waals surface area contributed by atoms with Gasteiger partial charge in [0.25, 0.3) is 0 Å². The van der Waals surface area contributed by atoms with Crippen molar-refractivity contribution in [1.82, 2.24) is 9.80 Å². The second kappa shape index (κ2) is 5.93. The minimum absolute atomic E-state index is 0.0378. The maximum atomic E-state index is 11.9. The average molecular weight is 272 g/mol. The Labute approximate surface area is 112 Å². The summed E-state index contributed by atoms with van der Waals surface area (Å²) in [4.78, 5) is 27.2. The lowest BCUT2D eigenvalue weighted by atomic mass is 9.98. The molecule has 0 aliphatic carbocycles. The third kappa shape index (κ3) is 2.80. The summed E-state index contributed by atoms with van der Waals surface area (Å²) < 4.78 is 5.71. The molecule has 2 atom stereocenters. The van der Waals surface area contributed by atoms with E-state index in [1.807, 2.05) is 16.1 Å². The van der Waals surface area contributed by atoms with E-state index in [0.29, 0.717) is 25.4 Å². The van der Waals surface area contributed by atoms with E-state index in [1.54, 1.807) is 6.92 Å². The molecule has 0 bridgehead atoms. The lowest BCUT2D eigenvalue weighted by Gasteiger charge is -2.46. The van der Waals surface area contributed by atoms with Crippen LogP contribution in [0.2, 0.25) is 0 Å². The number of nitrogens with zero attached hydrogens (tertiary/aromatic N) is 2. The van der Waals surface area contributed by atoms with Crippen molar-refractivity contribution in [2.75, 3.05) is 38.2 Å². The molecule has 2 aliphatic heterocycles. The molecule has 0 N–H and O–H groups in total. The molecule has 18 heavy (non-hydrogen) atoms. The Bertz CT molecular complexity index is 337. The normalized spacial score (nSPS) is 27.9. The Morgan fingerprint density at radius 2 is 2.17 bits per heavy atom. The highest BCUT2D eigenvalue weighted by molar-refractivity contribution is 7.99. The molecule has 0 aromatic heterocycles. The van der Waals surface area contributed by atoms with Crippen molar-refractivity contribution in [3.63, 3.8) is 0 Å². The second-order valence-electron chi connectivity index (χ2n) is 4.75. The molecule has 6 heteroatoms. The zero-order valence-electron chi connectivity index (χ0n) is 10.9. The number of thioether (sulfide) groups is 1. The highest BCUT2D eigenvalue weighted by Gasteiger charge is 2.39. The molecule has 2 fully saturated rings. The van der Waals surface area contributed by atoms with Crippen molar-refractivity contribution in [3.8, 4) is 0 Å². The largest absolute Gasteiger partial charge is 0.374 e. The van der Waals surface area contributed by atoms with E-state index in [9.17, 15) is 9.59 Å². The molecule has 0 aromatic rings. The number of morpholine rings is 1. The molecule has 0 radical (unpaired) electrons. The number of ether oxygens (including phenoxy) is 1. The van der Waals surface area contributed by atoms with Crippen LogP contribution < -0.4 is 0 Å². The summed E-state index contributed by atoms with van der Waals surface area (Å²) in [6, 6.07) is 0.0378. The van der Waals surface area contributed by atoms with E-state index < -0.39 is 0 Å². The van der Waals surface area contributed by atoms with E-state index in [1.165, 1.54) is 11.8 Å². The van der Waals surface area contributed by atoms with Crippen LogP contribution in [0.3, 0.4) is 0 Å². The molecule has 0 unspecified atom stereocenters. The number of hydrogen-bond donors (Lipinski definition) is 0. The molecule has 2 saturated heterocycles. The summed E-state index contributed by atoms with van der Waals surface area (Å²) in [5.74, 6) is 0.751. The van der Waals surface area contributed by atoms with Gasteiger partial charge in [-0.05, 0) is 12.7 Å². The number of carbonyl (C=O) groups excluding carboxylic acids is 2. The summed E-state index contributed by atoms with van der Waals surface area (Å²) in [6.07, 6.45) is 2.85. The van der Waals surface area contributed by atoms with Gasteiger partial charge in [-0.25, -0.2) is 0 Å². The maximum absolute atomic E-state index is 11.9. The second-order valence-corrected chi connectivity index (χ2v) is 5.62. The quantitative estimate of drug-likeness (QED) is 0.720. The Kier molecular flexibility index (Phi) is 4.50. The van der Waals surface area contributed by atoms with Gasteiger partial charge in [-0.1, -0.05) is 0 Å². The van der Waals surface area contributed by atoms with Gasteiger partial charge in [0.2, 0.25) is 11.8 Å². The first-order valence-electron chi connectivity index (χ1n) is 6.29. The van der Waals surface area contributed by atoms with Gasteiger partial charge in [-0.15, -0.1) is 0 Å². The highest BCUT2D eigenvalue weighted by Crippen LogP contribution is 2.23. The molecular formula is C12H20N2O3S. The fourth-order valence-electron chi connectivity index (χ4n) is 2.70. The summed E-state index contributed by atoms with van der Waals surface area (Å²) in [5, 5.41) is 0. The van der Waals surface area contributed by atoms with Crippen LogP contribution in [0, 0.1) is 0 Å². The van der Waals surface area contributed by atoms with Crippen LogP contribution >= 0.6 is 11.8 Å². The van der Waals surface area contributed by atoms with Crippen molar-refractivity contribution >= 4 is 23.6 Å². The fraction of sp³-hybridized carbons (Fsp3) is 0.833. The van der Waals surface area contributed by atoms with Crippen molar-refractivity contribution in [2.45, 2.75) is 25.5 Å². The number of rotatable bonds is 2. The van der Waals surface area contributed by atoms with Gasteiger partial charge >= 0.3 is 0 Å². The minimum atomic E-state index is 0.0378. The number of likely N-dealkylation sites (tertiary alicyclic amines) is 1. The fourth-order valence-corrected chi connectivity index (χ4v) is 3.13. The summed E-state index contributed by atoms with van der Waals surface area (Å²) in [6.45, 7) is 4.20. The number of piperidine rings is 1. The van der Waals surface area contributed by atoms with E-state index in [4.69, 9.17) is 4.74 Å². The van der Waals surface area contributed by atoms with E-state index in [-0.39, 0.29) is 24.0 Å². The number of fused-ring (bicyclic) bond motifs is 1. The molecule has 0 spiro atoms. The van der Waals surface area contributed by atoms with Gasteiger partial charge in [0.1, 0.15) is 0 Å². The van der Waals surface area contributed by atoms with Gasteiger partial charge in [-0.2, -0.15) is 11.8 Å². The van der Waals surface area contributed by atoms with Crippen LogP contribution in [0.1, 0.15) is 13.3 Å². The summed E-state index contributed by atoms with van der Waals surface area (Å²) >= 11 is 1.54. The maximum Gasteiger partial charge on any atom is 0.232 e. The van der Waals surface area contributed by atoms with Crippen LogP contribution in [0.4, 0.5) is 0 Å². The average Bonchev–Trinajstić information content (AvgIpc) is 2.37. The number of carbonyl (C=O) groups is 2. The zero-order valence-corrected chi connectivity index (χ0v) is 11.7. The Balaban J connectivity index is 2.03. The van der Waals surface area contributed by atoms with Crippen molar-refractivity contribution < 1.29 is 14.3 Å². The van der Waals surface area contributed by atoms with Crippen LogP contribution in [0.5, 0.6) is 0 Å². The predicted octanol–water partition coefficient (Wildman–Crippen LogP) is 0.198. The summed E-state index contributed by atoms with van der Waals surface area (Å²) in [5.41, 5.74) is 0. The minimum Gasteiger partial charge on any atom is -0.374 e. The zero-order chi connectivity index (χ0) is 13.1. The molecule has 2 rings (SSSR count). The van der Waals surface area contributed by atoms with Crippen LogP contribution in [0.25, 0.3) is 0 Å². The van der Waals surface area contributed by atoms with Gasteiger partial charge in [0, 0.05) is 26.6 Å². The Morgan fingerprint density at radius 3 is 2.83 bits per heavy atom. The van der Waals surface area contributed by atoms with Gasteiger partial charge < -0.3 is 14.5 Å². The van der Waals surface area contributed by atoms with Gasteiger partial charge in [-0.3, -0.25) is 9.59 Å². The molecule has 2 heterocycles. The molecule has 2 amide bonds. The lowest BCUT2D eigenvalue weighted by Crippen LogP contribution is -2.62. The molecular weight excluding hydrogens is 252 g/mol. The van der Waals surface area contributed by atoms with E-state index in [0.717, 1.165) is 13.0 Å². The van der Waals surface area contributed by atoms with Crippen LogP contribution in [0.15, 0.2) is 0 Å². The smallest absolute Gasteiger partial charge is 0.232 e. The summed E-state index contributed by atoms with van der Waals surface area (Å²) in [7, 11) is 0. The van der Waals surface area contributed by atoms with Gasteiger partial charge in [0.05, 0.1) is 24.5 Å². The first kappa shape index (κ1) is 13.7. The number of amides is 2. The highest BCUT2D eigenvalue weighted by atomic mass is 32.2. The standard InChI is InChI=1S/C12H20N2O3S/c1-9(15)14-5-6-17-11-3-4-13(7-10(11)14)12(16)8-18-2/h10-11H,3-8H2,1-2H3/t10-,11-/m1/s1. The third-order valence-electron chi connectivity index (χ3n) is 3.61.